The SMILES string of the molecule is N=[N+]=C1C(=O)NCN=C1c1ccccc1. The zero-order valence-electron chi connectivity index (χ0n) is 7.90. The van der Waals surface area contributed by atoms with Crippen LogP contribution in [0.4, 0.5) is 0 Å². The Morgan fingerprint density at radius 3 is 2.73 bits per heavy atom. The molecule has 1 amide bonds. The van der Waals surface area contributed by atoms with E-state index in [1.807, 2.05) is 30.3 Å². The molecule has 15 heavy (non-hydrogen) atoms. The van der Waals surface area contributed by atoms with Gasteiger partial charge in [-0.2, -0.15) is 0 Å². The van der Waals surface area contributed by atoms with Crippen molar-refractivity contribution in [2.75, 3.05) is 6.67 Å². The molecule has 1 aromatic carbocycles. The minimum absolute atomic E-state index is 0.0625. The average Bonchev–Trinajstić information content (AvgIpc) is 2.30. The minimum atomic E-state index is -0.348. The molecule has 74 valence electrons. The van der Waals surface area contributed by atoms with E-state index in [1.54, 1.807) is 0 Å². The number of rotatable bonds is 1. The Morgan fingerprint density at radius 1 is 1.33 bits per heavy atom. The van der Waals surface area contributed by atoms with Crippen LogP contribution >= 0.6 is 0 Å². The number of carbonyl (C=O) groups is 1. The van der Waals surface area contributed by atoms with Crippen LogP contribution < -0.4 is 5.32 Å². The first kappa shape index (κ1) is 9.30. The molecule has 0 aromatic heterocycles. The number of benzene rings is 1. The smallest absolute Gasteiger partial charge is 0.326 e. The Bertz CT molecular complexity index is 471. The molecule has 5 heteroatoms. The van der Waals surface area contributed by atoms with Gasteiger partial charge in [0.05, 0.1) is 10.3 Å². The van der Waals surface area contributed by atoms with Crippen molar-refractivity contribution >= 4 is 17.3 Å². The Hall–Kier alpha value is -2.26. The maximum atomic E-state index is 11.4. The summed E-state index contributed by atoms with van der Waals surface area (Å²) in [7, 11) is 0. The van der Waals surface area contributed by atoms with Crippen LogP contribution in [0.15, 0.2) is 35.3 Å². The molecule has 0 saturated carbocycles. The summed E-state index contributed by atoms with van der Waals surface area (Å²) in [4.78, 5) is 18.7. The van der Waals surface area contributed by atoms with Gasteiger partial charge in [0.15, 0.2) is 5.71 Å². The van der Waals surface area contributed by atoms with Crippen molar-refractivity contribution in [1.82, 2.24) is 5.32 Å². The van der Waals surface area contributed by atoms with E-state index in [1.165, 1.54) is 0 Å². The van der Waals surface area contributed by atoms with E-state index < -0.39 is 0 Å². The Balaban J connectivity index is 2.49. The first-order valence-electron chi connectivity index (χ1n) is 4.46. The van der Waals surface area contributed by atoms with Gasteiger partial charge in [0.1, 0.15) is 6.67 Å². The number of hydrogen-bond donors (Lipinski definition) is 2. The molecule has 5 nitrogen and oxygen atoms in total. The summed E-state index contributed by atoms with van der Waals surface area (Å²) >= 11 is 0. The largest absolute Gasteiger partial charge is 0.453 e. The molecule has 1 aliphatic rings. The summed E-state index contributed by atoms with van der Waals surface area (Å²) in [6, 6.07) is 9.26. The third-order valence-electron chi connectivity index (χ3n) is 2.08. The highest BCUT2D eigenvalue weighted by Gasteiger charge is 2.33. The van der Waals surface area contributed by atoms with E-state index in [0.717, 1.165) is 5.56 Å². The third-order valence-corrected chi connectivity index (χ3v) is 2.08. The maximum absolute atomic E-state index is 11.4. The first-order valence-corrected chi connectivity index (χ1v) is 4.46. The van der Waals surface area contributed by atoms with Gasteiger partial charge in [-0.05, 0) is 0 Å². The lowest BCUT2D eigenvalue weighted by Gasteiger charge is -2.07. The van der Waals surface area contributed by atoms with Crippen LogP contribution in [0.3, 0.4) is 0 Å². The lowest BCUT2D eigenvalue weighted by molar-refractivity contribution is -0.135. The second-order valence-electron chi connectivity index (χ2n) is 3.00. The number of nitrogens with zero attached hydrogens (tertiary/aromatic N) is 2. The predicted octanol–water partition coefficient (Wildman–Crippen LogP) is 0.243. The highest BCUT2D eigenvalue weighted by molar-refractivity contribution is 6.68. The van der Waals surface area contributed by atoms with Gasteiger partial charge in [0.25, 0.3) is 0 Å². The molecule has 0 spiro atoms. The Morgan fingerprint density at radius 2 is 2.07 bits per heavy atom. The first-order chi connectivity index (χ1) is 7.33. The van der Waals surface area contributed by atoms with Gasteiger partial charge in [-0.3, -0.25) is 9.79 Å². The van der Waals surface area contributed by atoms with Gasteiger partial charge >= 0.3 is 11.6 Å². The fourth-order valence-electron chi connectivity index (χ4n) is 1.38. The molecule has 0 fully saturated rings. The zero-order valence-corrected chi connectivity index (χ0v) is 7.90. The van der Waals surface area contributed by atoms with Crippen LogP contribution in [0.2, 0.25) is 0 Å². The quantitative estimate of drug-likeness (QED) is 0.495. The van der Waals surface area contributed by atoms with Crippen molar-refractivity contribution in [2.24, 2.45) is 4.99 Å². The number of nitrogens with one attached hydrogen (secondary N) is 2. The molecule has 0 atom stereocenters. The molecule has 0 radical (unpaired) electrons. The molecule has 1 heterocycles. The van der Waals surface area contributed by atoms with Crippen molar-refractivity contribution in [3.05, 3.63) is 35.9 Å². The van der Waals surface area contributed by atoms with E-state index in [9.17, 15) is 4.79 Å². The summed E-state index contributed by atoms with van der Waals surface area (Å²) in [6.07, 6.45) is 0. The second kappa shape index (κ2) is 3.86. The van der Waals surface area contributed by atoms with Crippen LogP contribution in [0, 0.1) is 5.53 Å². The minimum Gasteiger partial charge on any atom is -0.326 e. The van der Waals surface area contributed by atoms with Crippen LogP contribution in [0.1, 0.15) is 5.56 Å². The summed E-state index contributed by atoms with van der Waals surface area (Å²) in [6.45, 7) is 0.238. The maximum Gasteiger partial charge on any atom is 0.453 e. The highest BCUT2D eigenvalue weighted by atomic mass is 16.2. The van der Waals surface area contributed by atoms with E-state index in [4.69, 9.17) is 5.53 Å². The number of amides is 1. The molecule has 0 saturated heterocycles. The number of hydrogen-bond acceptors (Lipinski definition) is 3. The van der Waals surface area contributed by atoms with Crippen LogP contribution in [0.25, 0.3) is 0 Å². The van der Waals surface area contributed by atoms with Gasteiger partial charge in [-0.1, -0.05) is 30.3 Å². The van der Waals surface area contributed by atoms with Crippen molar-refractivity contribution in [1.29, 1.82) is 5.53 Å². The van der Waals surface area contributed by atoms with E-state index >= 15 is 0 Å². The highest BCUT2D eigenvalue weighted by Crippen LogP contribution is 2.04. The molecular formula is C10H9N4O+. The number of aliphatic imine (C=N–C) groups is 1. The van der Waals surface area contributed by atoms with E-state index in [-0.39, 0.29) is 18.3 Å². The lowest BCUT2D eigenvalue weighted by Crippen LogP contribution is -2.42. The monoisotopic (exact) mass is 201 g/mol. The van der Waals surface area contributed by atoms with Gasteiger partial charge in [-0.15, -0.1) is 0 Å². The van der Waals surface area contributed by atoms with Crippen LogP contribution in [-0.2, 0) is 4.79 Å². The molecular weight excluding hydrogens is 192 g/mol. The molecule has 0 aliphatic carbocycles. The topological polar surface area (TPSA) is 79.4 Å². The average molecular weight is 201 g/mol. The lowest BCUT2D eigenvalue weighted by atomic mass is 10.0. The standard InChI is InChI=1S/C10H8N4O/c11-14-9-8(12-6-13-10(9)15)7-4-2-1-3-5-7/h1-5,11H,6H2/p+1. The van der Waals surface area contributed by atoms with Crippen molar-refractivity contribution < 1.29 is 9.58 Å². The van der Waals surface area contributed by atoms with Crippen molar-refractivity contribution in [2.45, 2.75) is 0 Å². The van der Waals surface area contributed by atoms with Gasteiger partial charge in [0.2, 0.25) is 0 Å². The van der Waals surface area contributed by atoms with Gasteiger partial charge in [0, 0.05) is 5.56 Å². The fraction of sp³-hybridized carbons (Fsp3) is 0.100. The van der Waals surface area contributed by atoms with Crippen LogP contribution in [0.5, 0.6) is 0 Å². The summed E-state index contributed by atoms with van der Waals surface area (Å²) in [5, 5.41) is 2.51. The fourth-order valence-corrected chi connectivity index (χ4v) is 1.38. The zero-order chi connectivity index (χ0) is 10.7. The Labute approximate surface area is 86.1 Å². The normalized spacial score (nSPS) is 15.3. The molecule has 1 aliphatic heterocycles. The van der Waals surface area contributed by atoms with Gasteiger partial charge < -0.3 is 5.32 Å². The second-order valence-corrected chi connectivity index (χ2v) is 3.00. The van der Waals surface area contributed by atoms with Crippen LogP contribution in [-0.4, -0.2) is 28.8 Å². The molecule has 2 rings (SSSR count). The van der Waals surface area contributed by atoms with Crippen molar-refractivity contribution in [3.8, 4) is 0 Å². The number of carbonyl (C=O) groups excluding carboxylic acids is 1. The summed E-state index contributed by atoms with van der Waals surface area (Å²) < 4.78 is 0. The van der Waals surface area contributed by atoms with Crippen molar-refractivity contribution in [3.63, 3.8) is 0 Å². The predicted molar refractivity (Wildman–Crippen MR) is 54.0 cm³/mol. The summed E-state index contributed by atoms with van der Waals surface area (Å²) in [5.41, 5.74) is 8.30. The van der Waals surface area contributed by atoms with E-state index in [2.05, 4.69) is 15.1 Å². The molecule has 1 aromatic rings. The molecule has 0 bridgehead atoms. The third kappa shape index (κ3) is 1.68. The van der Waals surface area contributed by atoms with Gasteiger partial charge in [-0.25, -0.2) is 0 Å². The molecule has 2 N–H and O–H groups in total. The molecule has 0 unspecified atom stereocenters. The summed E-state index contributed by atoms with van der Waals surface area (Å²) in [5.74, 6) is -0.348. The van der Waals surface area contributed by atoms with E-state index in [0.29, 0.717) is 5.71 Å². The Kier molecular flexibility index (Phi) is 2.39.